The molecule has 2 N–H and O–H groups in total. The van der Waals surface area contributed by atoms with Gasteiger partial charge >= 0.3 is 0 Å². The molecule has 7 heteroatoms. The van der Waals surface area contributed by atoms with Crippen LogP contribution in [0.25, 0.3) is 0 Å². The van der Waals surface area contributed by atoms with E-state index in [1.165, 1.54) is 0 Å². The summed E-state index contributed by atoms with van der Waals surface area (Å²) >= 11 is 16.7. The highest BCUT2D eigenvalue weighted by Crippen LogP contribution is 2.34. The fourth-order valence-electron chi connectivity index (χ4n) is 0.971. The average Bonchev–Trinajstić information content (AvgIpc) is 2.26. The molecule has 1 rings (SSSR count). The van der Waals surface area contributed by atoms with E-state index in [-0.39, 0.29) is 33.0 Å². The van der Waals surface area contributed by atoms with Crippen molar-refractivity contribution in [1.29, 1.82) is 5.26 Å². The van der Waals surface area contributed by atoms with Crippen molar-refractivity contribution in [2.75, 3.05) is 5.88 Å². The molecule has 1 aromatic rings. The average molecular weight is 281 g/mol. The highest BCUT2D eigenvalue weighted by Gasteiger charge is 2.16. The SMILES string of the molecule is N#Cc1c(F)c(Cl)cc(Cl)c1N=C(N)CCl. The molecule has 1 aromatic carbocycles. The van der Waals surface area contributed by atoms with Gasteiger partial charge in [0.2, 0.25) is 0 Å². The fraction of sp³-hybridized carbons (Fsp3) is 0.111. The fourth-order valence-corrected chi connectivity index (χ4v) is 1.54. The number of hydrogen-bond acceptors (Lipinski definition) is 2. The molecular formula is C9H5Cl3FN3. The molecule has 0 saturated carbocycles. The Morgan fingerprint density at radius 2 is 2.12 bits per heavy atom. The lowest BCUT2D eigenvalue weighted by Crippen LogP contribution is -2.12. The second kappa shape index (κ2) is 5.35. The summed E-state index contributed by atoms with van der Waals surface area (Å²) in [6.07, 6.45) is 0. The van der Waals surface area contributed by atoms with E-state index in [0.717, 1.165) is 6.07 Å². The zero-order valence-corrected chi connectivity index (χ0v) is 10.0. The van der Waals surface area contributed by atoms with E-state index in [1.54, 1.807) is 6.07 Å². The third-order valence-corrected chi connectivity index (χ3v) is 2.49. The Bertz CT molecular complexity index is 494. The first-order chi connectivity index (χ1) is 7.51. The number of halogens is 4. The first-order valence-electron chi connectivity index (χ1n) is 3.97. The molecular weight excluding hydrogens is 275 g/mol. The van der Waals surface area contributed by atoms with Crippen LogP contribution in [0, 0.1) is 17.1 Å². The highest BCUT2D eigenvalue weighted by atomic mass is 35.5. The summed E-state index contributed by atoms with van der Waals surface area (Å²) in [5, 5.41) is 8.58. The molecule has 0 aliphatic heterocycles. The minimum Gasteiger partial charge on any atom is -0.386 e. The number of benzene rings is 1. The van der Waals surface area contributed by atoms with E-state index in [1.807, 2.05) is 0 Å². The number of aliphatic imine (C=N–C) groups is 1. The van der Waals surface area contributed by atoms with Gasteiger partial charge in [-0.15, -0.1) is 11.6 Å². The Kier molecular flexibility index (Phi) is 4.36. The predicted molar refractivity (Wildman–Crippen MR) is 63.1 cm³/mol. The van der Waals surface area contributed by atoms with E-state index >= 15 is 0 Å². The van der Waals surface area contributed by atoms with E-state index in [9.17, 15) is 4.39 Å². The maximum absolute atomic E-state index is 13.4. The molecule has 0 saturated heterocycles. The number of alkyl halides is 1. The molecule has 0 atom stereocenters. The van der Waals surface area contributed by atoms with Gasteiger partial charge in [-0.05, 0) is 6.07 Å². The predicted octanol–water partition coefficient (Wildman–Crippen LogP) is 3.23. The summed E-state index contributed by atoms with van der Waals surface area (Å²) in [4.78, 5) is 3.76. The van der Waals surface area contributed by atoms with Gasteiger partial charge in [0.05, 0.1) is 15.9 Å². The van der Waals surface area contributed by atoms with Gasteiger partial charge in [0.25, 0.3) is 0 Å². The van der Waals surface area contributed by atoms with Gasteiger partial charge in [-0.3, -0.25) is 0 Å². The third kappa shape index (κ3) is 2.56. The lowest BCUT2D eigenvalue weighted by molar-refractivity contribution is 0.625. The molecule has 0 aliphatic rings. The van der Waals surface area contributed by atoms with Crippen LogP contribution < -0.4 is 5.73 Å². The van der Waals surface area contributed by atoms with E-state index < -0.39 is 5.82 Å². The first kappa shape index (κ1) is 13.0. The van der Waals surface area contributed by atoms with Crippen LogP contribution >= 0.6 is 34.8 Å². The van der Waals surface area contributed by atoms with Gasteiger partial charge in [0, 0.05) is 0 Å². The third-order valence-electron chi connectivity index (χ3n) is 1.65. The Morgan fingerprint density at radius 1 is 1.50 bits per heavy atom. The van der Waals surface area contributed by atoms with E-state index in [0.29, 0.717) is 0 Å². The van der Waals surface area contributed by atoms with Crippen molar-refractivity contribution in [1.82, 2.24) is 0 Å². The smallest absolute Gasteiger partial charge is 0.161 e. The number of nitrogens with two attached hydrogens (primary N) is 1. The molecule has 0 amide bonds. The van der Waals surface area contributed by atoms with Crippen molar-refractivity contribution in [2.45, 2.75) is 0 Å². The molecule has 0 radical (unpaired) electrons. The van der Waals surface area contributed by atoms with Crippen LogP contribution in [0.2, 0.25) is 10.0 Å². The number of hydrogen-bond donors (Lipinski definition) is 1. The number of amidine groups is 1. The Morgan fingerprint density at radius 3 is 2.62 bits per heavy atom. The quantitative estimate of drug-likeness (QED) is 0.391. The van der Waals surface area contributed by atoms with Crippen molar-refractivity contribution in [3.05, 3.63) is 27.5 Å². The van der Waals surface area contributed by atoms with Gasteiger partial charge in [-0.1, -0.05) is 23.2 Å². The van der Waals surface area contributed by atoms with Crippen LogP contribution in [-0.4, -0.2) is 11.7 Å². The van der Waals surface area contributed by atoms with Crippen LogP contribution in [0.1, 0.15) is 5.56 Å². The molecule has 0 aromatic heterocycles. The number of nitriles is 1. The van der Waals surface area contributed by atoms with Gasteiger partial charge in [-0.25, -0.2) is 9.38 Å². The minimum atomic E-state index is -0.880. The van der Waals surface area contributed by atoms with Crippen molar-refractivity contribution in [3.8, 4) is 6.07 Å². The van der Waals surface area contributed by atoms with Gasteiger partial charge in [-0.2, -0.15) is 5.26 Å². The molecule has 3 nitrogen and oxygen atoms in total. The Hall–Kier alpha value is -1.02. The zero-order valence-electron chi connectivity index (χ0n) is 7.77. The second-order valence-corrected chi connectivity index (χ2v) is 3.81. The first-order valence-corrected chi connectivity index (χ1v) is 5.27. The standard InChI is InChI=1S/C9H5Cl3FN3/c10-2-7(15)16-9-4(3-14)8(13)5(11)1-6(9)12/h1H,2H2,(H2,15,16). The largest absolute Gasteiger partial charge is 0.386 e. The van der Waals surface area contributed by atoms with Gasteiger partial charge in [0.15, 0.2) is 5.82 Å². The number of nitrogens with zero attached hydrogens (tertiary/aromatic N) is 2. The minimum absolute atomic E-state index is 0.0294. The molecule has 0 spiro atoms. The van der Waals surface area contributed by atoms with Crippen LogP contribution in [0.5, 0.6) is 0 Å². The van der Waals surface area contributed by atoms with Crippen LogP contribution in [0.15, 0.2) is 11.1 Å². The maximum Gasteiger partial charge on any atom is 0.161 e. The Balaban J connectivity index is 3.51. The summed E-state index contributed by atoms with van der Waals surface area (Å²) < 4.78 is 13.4. The van der Waals surface area contributed by atoms with E-state index in [4.69, 9.17) is 45.8 Å². The van der Waals surface area contributed by atoms with Gasteiger partial charge in [0.1, 0.15) is 23.2 Å². The lowest BCUT2D eigenvalue weighted by atomic mass is 10.2. The molecule has 84 valence electrons. The van der Waals surface area contributed by atoms with Crippen molar-refractivity contribution >= 4 is 46.3 Å². The van der Waals surface area contributed by atoms with Crippen LogP contribution in [0.4, 0.5) is 10.1 Å². The molecule has 0 unspecified atom stereocenters. The molecule has 0 fully saturated rings. The number of rotatable bonds is 2. The molecule has 0 heterocycles. The van der Waals surface area contributed by atoms with Crippen molar-refractivity contribution in [2.24, 2.45) is 10.7 Å². The Labute approximate surface area is 106 Å². The topological polar surface area (TPSA) is 62.2 Å². The lowest BCUT2D eigenvalue weighted by Gasteiger charge is -2.05. The summed E-state index contributed by atoms with van der Waals surface area (Å²) in [6.45, 7) is 0. The monoisotopic (exact) mass is 279 g/mol. The van der Waals surface area contributed by atoms with Crippen LogP contribution in [0.3, 0.4) is 0 Å². The summed E-state index contributed by atoms with van der Waals surface area (Å²) in [6, 6.07) is 2.78. The summed E-state index contributed by atoms with van der Waals surface area (Å²) in [7, 11) is 0. The molecule has 0 bridgehead atoms. The summed E-state index contributed by atoms with van der Waals surface area (Å²) in [5.41, 5.74) is 4.96. The maximum atomic E-state index is 13.4. The van der Waals surface area contributed by atoms with Crippen molar-refractivity contribution < 1.29 is 4.39 Å². The molecule has 0 aliphatic carbocycles. The molecule has 16 heavy (non-hydrogen) atoms. The highest BCUT2D eigenvalue weighted by molar-refractivity contribution is 6.37. The van der Waals surface area contributed by atoms with E-state index in [2.05, 4.69) is 4.99 Å². The van der Waals surface area contributed by atoms with Crippen molar-refractivity contribution in [3.63, 3.8) is 0 Å². The second-order valence-electron chi connectivity index (χ2n) is 2.73. The van der Waals surface area contributed by atoms with Crippen LogP contribution in [-0.2, 0) is 0 Å². The zero-order chi connectivity index (χ0) is 12.3. The van der Waals surface area contributed by atoms with Gasteiger partial charge < -0.3 is 5.73 Å². The normalized spacial score (nSPS) is 11.3. The summed E-state index contributed by atoms with van der Waals surface area (Å²) in [5.74, 6) is -0.901.